The fourth-order valence-electron chi connectivity index (χ4n) is 2.69. The minimum atomic E-state index is -3.77. The lowest BCUT2D eigenvalue weighted by Crippen LogP contribution is -2.48. The molecule has 0 aliphatic heterocycles. The third-order valence-corrected chi connectivity index (χ3v) is 5.26. The molecule has 0 saturated heterocycles. The van der Waals surface area contributed by atoms with Gasteiger partial charge in [-0.05, 0) is 49.2 Å². The number of nitrogens with zero attached hydrogens (tertiary/aromatic N) is 1. The lowest BCUT2D eigenvalue weighted by Gasteiger charge is -2.28. The van der Waals surface area contributed by atoms with Gasteiger partial charge in [-0.2, -0.15) is 0 Å². The van der Waals surface area contributed by atoms with E-state index in [9.17, 15) is 17.6 Å². The number of halogens is 1. The van der Waals surface area contributed by atoms with Crippen molar-refractivity contribution in [3.8, 4) is 5.75 Å². The van der Waals surface area contributed by atoms with Crippen molar-refractivity contribution in [1.29, 1.82) is 0 Å². The first-order valence-corrected chi connectivity index (χ1v) is 10.2. The van der Waals surface area contributed by atoms with E-state index >= 15 is 0 Å². The van der Waals surface area contributed by atoms with Crippen LogP contribution in [0.5, 0.6) is 5.75 Å². The molecule has 0 radical (unpaired) electrons. The molecule has 0 fully saturated rings. The highest BCUT2D eigenvalue weighted by atomic mass is 32.2. The van der Waals surface area contributed by atoms with E-state index in [4.69, 9.17) is 4.74 Å². The first kappa shape index (κ1) is 20.7. The Kier molecular flexibility index (Phi) is 6.79. The van der Waals surface area contributed by atoms with E-state index in [1.54, 1.807) is 7.11 Å². The summed E-state index contributed by atoms with van der Waals surface area (Å²) in [5.41, 5.74) is 1.11. The maximum atomic E-state index is 13.5. The SMILES string of the molecule is COc1ccc(CCNC(=O)[C@H](C)N(c2cccc(F)c2)S(C)(=O)=O)cc1. The van der Waals surface area contributed by atoms with E-state index in [0.29, 0.717) is 13.0 Å². The van der Waals surface area contributed by atoms with Crippen LogP contribution < -0.4 is 14.4 Å². The molecule has 0 aliphatic carbocycles. The average molecular weight is 394 g/mol. The molecule has 8 heteroatoms. The summed E-state index contributed by atoms with van der Waals surface area (Å²) in [5.74, 6) is -0.290. The van der Waals surface area contributed by atoms with Crippen molar-refractivity contribution < 1.29 is 22.3 Å². The summed E-state index contributed by atoms with van der Waals surface area (Å²) in [6.45, 7) is 1.81. The van der Waals surface area contributed by atoms with Crippen molar-refractivity contribution in [2.75, 3.05) is 24.2 Å². The van der Waals surface area contributed by atoms with Gasteiger partial charge in [-0.1, -0.05) is 18.2 Å². The van der Waals surface area contributed by atoms with Crippen molar-refractivity contribution in [1.82, 2.24) is 5.32 Å². The van der Waals surface area contributed by atoms with E-state index in [2.05, 4.69) is 5.32 Å². The lowest BCUT2D eigenvalue weighted by atomic mass is 10.1. The number of anilines is 1. The predicted molar refractivity (Wildman–Crippen MR) is 103 cm³/mol. The summed E-state index contributed by atoms with van der Waals surface area (Å²) in [6.07, 6.45) is 1.57. The highest BCUT2D eigenvalue weighted by molar-refractivity contribution is 7.92. The average Bonchev–Trinajstić information content (AvgIpc) is 2.61. The van der Waals surface area contributed by atoms with Gasteiger partial charge in [0.1, 0.15) is 17.6 Å². The van der Waals surface area contributed by atoms with Gasteiger partial charge in [-0.15, -0.1) is 0 Å². The van der Waals surface area contributed by atoms with E-state index in [1.165, 1.54) is 25.1 Å². The molecule has 2 aromatic carbocycles. The van der Waals surface area contributed by atoms with Crippen LogP contribution in [0.4, 0.5) is 10.1 Å². The van der Waals surface area contributed by atoms with Crippen LogP contribution in [0.3, 0.4) is 0 Å². The van der Waals surface area contributed by atoms with Crippen LogP contribution in [-0.4, -0.2) is 40.3 Å². The fourth-order valence-corrected chi connectivity index (χ4v) is 3.86. The van der Waals surface area contributed by atoms with Crippen LogP contribution in [0.25, 0.3) is 0 Å². The zero-order valence-electron chi connectivity index (χ0n) is 15.5. The fraction of sp³-hybridized carbons (Fsp3) is 0.316. The van der Waals surface area contributed by atoms with Gasteiger partial charge in [-0.25, -0.2) is 12.8 Å². The highest BCUT2D eigenvalue weighted by Crippen LogP contribution is 2.21. The van der Waals surface area contributed by atoms with Gasteiger partial charge in [0.05, 0.1) is 19.1 Å². The highest BCUT2D eigenvalue weighted by Gasteiger charge is 2.29. The molecule has 0 saturated carbocycles. The van der Waals surface area contributed by atoms with Crippen LogP contribution in [0.1, 0.15) is 12.5 Å². The molecule has 0 unspecified atom stereocenters. The first-order chi connectivity index (χ1) is 12.7. The van der Waals surface area contributed by atoms with E-state index in [0.717, 1.165) is 27.9 Å². The molecule has 2 rings (SSSR count). The van der Waals surface area contributed by atoms with Gasteiger partial charge in [0.25, 0.3) is 0 Å². The molecule has 1 atom stereocenters. The number of rotatable bonds is 8. The molecule has 1 N–H and O–H groups in total. The standard InChI is InChI=1S/C19H23FN2O4S/c1-14(22(27(3,24)25)17-6-4-5-16(20)13-17)19(23)21-12-11-15-7-9-18(26-2)10-8-15/h4-10,13-14H,11-12H2,1-3H3,(H,21,23)/t14-/m0/s1. The molecule has 0 aliphatic rings. The molecule has 2 aromatic rings. The van der Waals surface area contributed by atoms with E-state index in [-0.39, 0.29) is 5.69 Å². The summed E-state index contributed by atoms with van der Waals surface area (Å²) in [6, 6.07) is 11.6. The van der Waals surface area contributed by atoms with Crippen LogP contribution in [0.15, 0.2) is 48.5 Å². The Morgan fingerprint density at radius 2 is 1.89 bits per heavy atom. The van der Waals surface area contributed by atoms with Gasteiger partial charge >= 0.3 is 0 Å². The lowest BCUT2D eigenvalue weighted by molar-refractivity contribution is -0.121. The molecule has 0 bridgehead atoms. The zero-order valence-corrected chi connectivity index (χ0v) is 16.3. The Morgan fingerprint density at radius 1 is 1.22 bits per heavy atom. The summed E-state index contributed by atoms with van der Waals surface area (Å²) < 4.78 is 43.8. The molecule has 6 nitrogen and oxygen atoms in total. The van der Waals surface area contributed by atoms with Gasteiger partial charge in [0.2, 0.25) is 15.9 Å². The van der Waals surface area contributed by atoms with Crippen molar-refractivity contribution in [2.24, 2.45) is 0 Å². The predicted octanol–water partition coefficient (Wildman–Crippen LogP) is 2.35. The summed E-state index contributed by atoms with van der Waals surface area (Å²) >= 11 is 0. The number of benzene rings is 2. The molecule has 1 amide bonds. The second-order valence-electron chi connectivity index (χ2n) is 6.10. The summed E-state index contributed by atoms with van der Waals surface area (Å²) in [5, 5.41) is 2.73. The topological polar surface area (TPSA) is 75.7 Å². The maximum absolute atomic E-state index is 13.5. The Bertz CT molecular complexity index is 885. The van der Waals surface area contributed by atoms with Crippen molar-refractivity contribution in [2.45, 2.75) is 19.4 Å². The first-order valence-electron chi connectivity index (χ1n) is 8.38. The molecule has 0 spiro atoms. The number of sulfonamides is 1. The number of methoxy groups -OCH3 is 1. The second kappa shape index (κ2) is 8.85. The van der Waals surface area contributed by atoms with Gasteiger partial charge in [0, 0.05) is 6.54 Å². The number of carbonyl (C=O) groups is 1. The Labute approximate surface area is 159 Å². The summed E-state index contributed by atoms with van der Waals surface area (Å²) in [7, 11) is -2.19. The maximum Gasteiger partial charge on any atom is 0.243 e. The van der Waals surface area contributed by atoms with E-state index in [1.807, 2.05) is 24.3 Å². The third kappa shape index (κ3) is 5.68. The molecular weight excluding hydrogens is 371 g/mol. The van der Waals surface area contributed by atoms with Gasteiger partial charge in [-0.3, -0.25) is 9.10 Å². The molecule has 0 heterocycles. The van der Waals surface area contributed by atoms with Crippen molar-refractivity contribution in [3.63, 3.8) is 0 Å². The third-order valence-electron chi connectivity index (χ3n) is 4.02. The molecule has 146 valence electrons. The number of carbonyl (C=O) groups excluding carboxylic acids is 1. The smallest absolute Gasteiger partial charge is 0.243 e. The van der Waals surface area contributed by atoms with Crippen LogP contribution >= 0.6 is 0 Å². The number of hydrogen-bond donors (Lipinski definition) is 1. The normalized spacial score (nSPS) is 12.3. The Morgan fingerprint density at radius 3 is 2.44 bits per heavy atom. The van der Waals surface area contributed by atoms with Crippen LogP contribution in [0.2, 0.25) is 0 Å². The Hall–Kier alpha value is -2.61. The van der Waals surface area contributed by atoms with Gasteiger partial charge in [0.15, 0.2) is 0 Å². The number of nitrogens with one attached hydrogen (secondary N) is 1. The minimum Gasteiger partial charge on any atom is -0.497 e. The molecular formula is C19H23FN2O4S. The largest absolute Gasteiger partial charge is 0.497 e. The van der Waals surface area contributed by atoms with Crippen molar-refractivity contribution >= 4 is 21.6 Å². The number of ether oxygens (including phenoxy) is 1. The van der Waals surface area contributed by atoms with Gasteiger partial charge < -0.3 is 10.1 Å². The Balaban J connectivity index is 2.04. The van der Waals surface area contributed by atoms with Crippen LogP contribution in [0, 0.1) is 5.82 Å². The summed E-state index contributed by atoms with van der Waals surface area (Å²) in [4.78, 5) is 12.4. The second-order valence-corrected chi connectivity index (χ2v) is 7.96. The van der Waals surface area contributed by atoms with Crippen molar-refractivity contribution in [3.05, 3.63) is 59.9 Å². The quantitative estimate of drug-likeness (QED) is 0.746. The molecule has 0 aromatic heterocycles. The number of hydrogen-bond acceptors (Lipinski definition) is 4. The van der Waals surface area contributed by atoms with E-state index < -0.39 is 27.8 Å². The number of amides is 1. The molecule has 27 heavy (non-hydrogen) atoms. The van der Waals surface area contributed by atoms with Crippen LogP contribution in [-0.2, 0) is 21.2 Å². The minimum absolute atomic E-state index is 0.107. The monoisotopic (exact) mass is 394 g/mol. The zero-order chi connectivity index (χ0) is 20.0.